The number of rotatable bonds is 10. The van der Waals surface area contributed by atoms with E-state index >= 15 is 0 Å². The quantitative estimate of drug-likeness (QED) is 0.495. The minimum Gasteiger partial charge on any atom is -0.478 e. The lowest BCUT2D eigenvalue weighted by Crippen LogP contribution is -2.14. The molecule has 2 N–H and O–H groups in total. The van der Waals surface area contributed by atoms with Crippen molar-refractivity contribution >= 4 is 11.8 Å². The molecule has 1 aliphatic carbocycles. The first-order chi connectivity index (χ1) is 14.5. The topological polar surface area (TPSA) is 74.6 Å². The molecule has 1 aliphatic rings. The summed E-state index contributed by atoms with van der Waals surface area (Å²) in [4.78, 5) is 23.6. The van der Waals surface area contributed by atoms with Gasteiger partial charge in [-0.25, -0.2) is 4.79 Å². The van der Waals surface area contributed by atoms with Crippen LogP contribution in [0.15, 0.2) is 48.5 Å². The van der Waals surface area contributed by atoms with E-state index in [4.69, 9.17) is 5.11 Å². The number of aryl methyl sites for hydroxylation is 1. The molecule has 30 heavy (non-hydrogen) atoms. The highest BCUT2D eigenvalue weighted by Crippen LogP contribution is 2.40. The van der Waals surface area contributed by atoms with Gasteiger partial charge in [0.25, 0.3) is 0 Å². The van der Waals surface area contributed by atoms with Crippen molar-refractivity contribution in [3.8, 4) is 0 Å². The van der Waals surface area contributed by atoms with E-state index in [0.29, 0.717) is 23.7 Å². The van der Waals surface area contributed by atoms with Crippen molar-refractivity contribution in [3.63, 3.8) is 0 Å². The third kappa shape index (κ3) is 5.57. The number of hydrogen-bond donors (Lipinski definition) is 2. The molecule has 0 radical (unpaired) electrons. The maximum absolute atomic E-state index is 12.6. The second-order valence-corrected chi connectivity index (χ2v) is 8.46. The molecule has 1 unspecified atom stereocenters. The number of aliphatic hydroxyl groups is 1. The number of carbonyl (C=O) groups excluding carboxylic acids is 1. The van der Waals surface area contributed by atoms with Gasteiger partial charge in [0, 0.05) is 12.3 Å². The number of unbranched alkanes of at least 4 members (excludes halogenated alkanes) is 2. The Hall–Kier alpha value is -2.46. The van der Waals surface area contributed by atoms with E-state index < -0.39 is 12.1 Å². The van der Waals surface area contributed by atoms with Crippen LogP contribution in [0.25, 0.3) is 0 Å². The largest absolute Gasteiger partial charge is 0.478 e. The number of Topliss-reactive ketones (excluding diaryl/α,β-unsaturated/α-hetero) is 1. The van der Waals surface area contributed by atoms with Crippen LogP contribution in [0.3, 0.4) is 0 Å². The Bertz CT molecular complexity index is 838. The van der Waals surface area contributed by atoms with Gasteiger partial charge in [0.2, 0.25) is 0 Å². The third-order valence-electron chi connectivity index (χ3n) is 6.35. The molecule has 0 aliphatic heterocycles. The van der Waals surface area contributed by atoms with Gasteiger partial charge in [0.1, 0.15) is 5.78 Å². The van der Waals surface area contributed by atoms with Crippen LogP contribution in [0.1, 0.15) is 90.9 Å². The van der Waals surface area contributed by atoms with Crippen molar-refractivity contribution in [2.24, 2.45) is 5.92 Å². The highest BCUT2D eigenvalue weighted by molar-refractivity contribution is 5.88. The molecule has 0 aromatic heterocycles. The molecule has 0 amide bonds. The van der Waals surface area contributed by atoms with Gasteiger partial charge in [0.15, 0.2) is 0 Å². The van der Waals surface area contributed by atoms with E-state index in [0.717, 1.165) is 61.6 Å². The number of benzene rings is 2. The van der Waals surface area contributed by atoms with Crippen molar-refractivity contribution in [3.05, 3.63) is 70.8 Å². The van der Waals surface area contributed by atoms with Crippen molar-refractivity contribution in [1.29, 1.82) is 0 Å². The number of carboxylic acids is 1. The second-order valence-electron chi connectivity index (χ2n) is 8.46. The molecule has 1 fully saturated rings. The first-order valence-corrected chi connectivity index (χ1v) is 11.1. The number of carboxylic acid groups (broad SMARTS) is 1. The maximum atomic E-state index is 12.6. The van der Waals surface area contributed by atoms with Crippen molar-refractivity contribution < 1.29 is 19.8 Å². The minimum absolute atomic E-state index is 0.0745. The van der Waals surface area contributed by atoms with Gasteiger partial charge < -0.3 is 10.2 Å². The van der Waals surface area contributed by atoms with Gasteiger partial charge in [-0.15, -0.1) is 0 Å². The summed E-state index contributed by atoms with van der Waals surface area (Å²) in [5.41, 5.74) is 3.37. The predicted octanol–water partition coefficient (Wildman–Crippen LogP) is 5.69. The minimum atomic E-state index is -0.915. The summed E-state index contributed by atoms with van der Waals surface area (Å²) in [7, 11) is 0. The van der Waals surface area contributed by atoms with Crippen molar-refractivity contribution in [2.45, 2.75) is 70.3 Å². The molecular formula is C26H32O4. The molecule has 0 heterocycles. The summed E-state index contributed by atoms with van der Waals surface area (Å²) >= 11 is 0. The lowest BCUT2D eigenvalue weighted by Gasteiger charge is -2.20. The number of ketones is 1. The molecule has 0 spiro atoms. The Balaban J connectivity index is 1.62. The second kappa shape index (κ2) is 10.5. The molecular weight excluding hydrogens is 376 g/mol. The normalized spacial score (nSPS) is 19.7. The smallest absolute Gasteiger partial charge is 0.335 e. The Morgan fingerprint density at radius 1 is 1.07 bits per heavy atom. The Morgan fingerprint density at radius 3 is 2.40 bits per heavy atom. The summed E-state index contributed by atoms with van der Waals surface area (Å²) in [6, 6.07) is 15.0. The third-order valence-corrected chi connectivity index (χ3v) is 6.35. The molecule has 2 aromatic rings. The monoisotopic (exact) mass is 408 g/mol. The van der Waals surface area contributed by atoms with E-state index in [1.54, 1.807) is 12.1 Å². The number of carbonyl (C=O) groups is 2. The van der Waals surface area contributed by atoms with Crippen molar-refractivity contribution in [2.75, 3.05) is 0 Å². The zero-order chi connectivity index (χ0) is 21.5. The summed E-state index contributed by atoms with van der Waals surface area (Å²) in [5.74, 6) is -0.383. The van der Waals surface area contributed by atoms with Gasteiger partial charge >= 0.3 is 5.97 Å². The lowest BCUT2D eigenvalue weighted by atomic mass is 9.84. The fraction of sp³-hybridized carbons (Fsp3) is 0.462. The van der Waals surface area contributed by atoms with Crippen LogP contribution in [0.4, 0.5) is 0 Å². The Labute approximate surface area is 179 Å². The maximum Gasteiger partial charge on any atom is 0.335 e. The number of aromatic carboxylic acids is 1. The van der Waals surface area contributed by atoms with E-state index in [9.17, 15) is 14.7 Å². The molecule has 160 valence electrons. The highest BCUT2D eigenvalue weighted by Gasteiger charge is 2.35. The van der Waals surface area contributed by atoms with Crippen LogP contribution in [0.2, 0.25) is 0 Å². The van der Waals surface area contributed by atoms with E-state index in [-0.39, 0.29) is 5.92 Å². The summed E-state index contributed by atoms with van der Waals surface area (Å²) in [6.07, 6.45) is 6.90. The molecule has 4 heteroatoms. The summed E-state index contributed by atoms with van der Waals surface area (Å²) in [5, 5.41) is 19.4. The average Bonchev–Trinajstić information content (AvgIpc) is 3.13. The molecule has 0 saturated heterocycles. The van der Waals surface area contributed by atoms with Gasteiger partial charge in [-0.3, -0.25) is 4.79 Å². The zero-order valence-electron chi connectivity index (χ0n) is 17.7. The average molecular weight is 409 g/mol. The molecule has 2 aromatic carbocycles. The van der Waals surface area contributed by atoms with Crippen LogP contribution in [0, 0.1) is 5.92 Å². The number of aliphatic hydroxyl groups excluding tert-OH is 1. The standard InChI is InChI=1S/C26H32O4/c1-2-3-4-5-23(27)19-12-14-21(15-13-19)25-20(16-17-24(25)28)9-6-18-7-10-22(11-8-18)26(29)30/h7-8,10-15,20,23,25,27H,2-6,9,16-17H2,1H3,(H,29,30)/t20-,23?,25-/m0/s1. The van der Waals surface area contributed by atoms with Crippen LogP contribution < -0.4 is 0 Å². The Morgan fingerprint density at radius 2 is 1.77 bits per heavy atom. The van der Waals surface area contributed by atoms with Gasteiger partial charge in [-0.1, -0.05) is 62.6 Å². The first kappa shape index (κ1) is 22.2. The van der Waals surface area contributed by atoms with Crippen LogP contribution in [-0.2, 0) is 11.2 Å². The van der Waals surface area contributed by atoms with Crippen LogP contribution in [0.5, 0.6) is 0 Å². The first-order valence-electron chi connectivity index (χ1n) is 11.1. The van der Waals surface area contributed by atoms with Gasteiger partial charge in [-0.05, 0) is 60.4 Å². The zero-order valence-corrected chi connectivity index (χ0v) is 17.7. The molecule has 3 atom stereocenters. The van der Waals surface area contributed by atoms with E-state index in [2.05, 4.69) is 6.92 Å². The molecule has 3 rings (SSSR count). The fourth-order valence-electron chi connectivity index (χ4n) is 4.53. The van der Waals surface area contributed by atoms with Crippen molar-refractivity contribution in [1.82, 2.24) is 0 Å². The molecule has 0 bridgehead atoms. The van der Waals surface area contributed by atoms with Gasteiger partial charge in [0.05, 0.1) is 11.7 Å². The van der Waals surface area contributed by atoms with E-state index in [1.165, 1.54) is 0 Å². The lowest BCUT2D eigenvalue weighted by molar-refractivity contribution is -0.119. The SMILES string of the molecule is CCCCCC(O)c1ccc([C@H]2C(=O)CC[C@@H]2CCc2ccc(C(=O)O)cc2)cc1. The molecule has 4 nitrogen and oxygen atoms in total. The summed E-state index contributed by atoms with van der Waals surface area (Å²) < 4.78 is 0. The predicted molar refractivity (Wildman–Crippen MR) is 118 cm³/mol. The molecule has 1 saturated carbocycles. The van der Waals surface area contributed by atoms with Crippen LogP contribution >= 0.6 is 0 Å². The van der Waals surface area contributed by atoms with Crippen LogP contribution in [-0.4, -0.2) is 22.0 Å². The Kier molecular flexibility index (Phi) is 7.81. The number of hydrogen-bond acceptors (Lipinski definition) is 3. The fourth-order valence-corrected chi connectivity index (χ4v) is 4.53. The highest BCUT2D eigenvalue weighted by atomic mass is 16.4. The summed E-state index contributed by atoms with van der Waals surface area (Å²) in [6.45, 7) is 2.15. The van der Waals surface area contributed by atoms with E-state index in [1.807, 2.05) is 36.4 Å². The van der Waals surface area contributed by atoms with Gasteiger partial charge in [-0.2, -0.15) is 0 Å².